The third-order valence-electron chi connectivity index (χ3n) is 6.64. The lowest BCUT2D eigenvalue weighted by Gasteiger charge is -2.17. The number of rotatable bonds is 6. The molecule has 0 radical (unpaired) electrons. The first-order chi connectivity index (χ1) is 18.8. The molecule has 17 heteroatoms. The van der Waals surface area contributed by atoms with Crippen molar-refractivity contribution in [2.45, 2.75) is 38.8 Å². The summed E-state index contributed by atoms with van der Waals surface area (Å²) >= 11 is 1.23. The molecule has 2 atom stereocenters. The fraction of sp³-hybridized carbons (Fsp3) is 0.435. The van der Waals surface area contributed by atoms with Gasteiger partial charge in [0.05, 0.1) is 18.1 Å². The van der Waals surface area contributed by atoms with Crippen molar-refractivity contribution >= 4 is 39.5 Å². The zero-order chi connectivity index (χ0) is 28.9. The molecule has 0 aliphatic carbocycles. The van der Waals surface area contributed by atoms with Gasteiger partial charge in [-0.05, 0) is 20.3 Å². The van der Waals surface area contributed by atoms with Crippen molar-refractivity contribution in [1.82, 2.24) is 33.6 Å². The van der Waals surface area contributed by atoms with E-state index < -0.39 is 35.7 Å². The molecular weight excluding hydrogens is 555 g/mol. The van der Waals surface area contributed by atoms with Gasteiger partial charge in [0.15, 0.2) is 16.3 Å². The maximum absolute atomic E-state index is 13.1. The fourth-order valence-corrected chi connectivity index (χ4v) is 5.35. The van der Waals surface area contributed by atoms with Crippen molar-refractivity contribution in [3.63, 3.8) is 0 Å². The largest absolute Gasteiger partial charge is 0.522 e. The van der Waals surface area contributed by atoms with Gasteiger partial charge in [0.25, 0.3) is 5.56 Å². The van der Waals surface area contributed by atoms with E-state index in [1.807, 2.05) is 6.92 Å². The van der Waals surface area contributed by atoms with Gasteiger partial charge in [0.2, 0.25) is 11.9 Å². The number of imidazole rings is 1. The Balaban J connectivity index is 1.30. The number of amides is 1. The zero-order valence-corrected chi connectivity index (χ0v) is 22.6. The second kappa shape index (κ2) is 10.1. The number of carbonyl (C=O) groups is 1. The summed E-state index contributed by atoms with van der Waals surface area (Å²) in [5.74, 6) is -0.171. The molecule has 4 aromatic heterocycles. The molecule has 0 bridgehead atoms. The Morgan fingerprint density at radius 2 is 1.88 bits per heavy atom. The summed E-state index contributed by atoms with van der Waals surface area (Å²) in [4.78, 5) is 57.6. The van der Waals surface area contributed by atoms with Gasteiger partial charge >= 0.3 is 12.1 Å². The number of nitrogens with one attached hydrogen (secondary N) is 1. The summed E-state index contributed by atoms with van der Waals surface area (Å²) in [5, 5.41) is 3.06. The molecule has 1 aliphatic heterocycles. The number of halogens is 3. The van der Waals surface area contributed by atoms with Gasteiger partial charge in [-0.3, -0.25) is 23.5 Å². The van der Waals surface area contributed by atoms with Gasteiger partial charge in [-0.15, -0.1) is 24.5 Å². The lowest BCUT2D eigenvalue weighted by molar-refractivity contribution is -0.339. The molecule has 40 heavy (non-hydrogen) atoms. The van der Waals surface area contributed by atoms with E-state index in [0.29, 0.717) is 22.9 Å². The normalized spacial score (nSPS) is 16.6. The Morgan fingerprint density at radius 1 is 1.18 bits per heavy atom. The highest BCUT2D eigenvalue weighted by molar-refractivity contribution is 7.16. The van der Waals surface area contributed by atoms with Crippen LogP contribution >= 0.6 is 11.3 Å². The Bertz CT molecular complexity index is 1710. The molecule has 0 aromatic carbocycles. The van der Waals surface area contributed by atoms with Crippen LogP contribution in [0.4, 0.5) is 24.3 Å². The topological polar surface area (TPSA) is 142 Å². The molecule has 0 spiro atoms. The van der Waals surface area contributed by atoms with Crippen LogP contribution in [0.2, 0.25) is 0 Å². The van der Waals surface area contributed by atoms with Crippen molar-refractivity contribution in [3.05, 3.63) is 44.4 Å². The van der Waals surface area contributed by atoms with E-state index in [0.717, 1.165) is 9.44 Å². The summed E-state index contributed by atoms with van der Waals surface area (Å²) in [7, 11) is 2.85. The predicted octanol–water partition coefficient (Wildman–Crippen LogP) is 1.97. The number of hydrogen-bond acceptors (Lipinski definition) is 10. The minimum absolute atomic E-state index is 0.0253. The van der Waals surface area contributed by atoms with Crippen molar-refractivity contribution < 1.29 is 22.7 Å². The number of anilines is 2. The highest BCUT2D eigenvalue weighted by Crippen LogP contribution is 2.31. The van der Waals surface area contributed by atoms with Gasteiger partial charge in [0.1, 0.15) is 6.04 Å². The lowest BCUT2D eigenvalue weighted by atomic mass is 10.2. The molecule has 1 aliphatic rings. The van der Waals surface area contributed by atoms with Crippen LogP contribution in [-0.4, -0.2) is 65.1 Å². The molecule has 0 saturated carbocycles. The third-order valence-corrected chi connectivity index (χ3v) is 7.52. The van der Waals surface area contributed by atoms with Crippen LogP contribution in [0.5, 0.6) is 0 Å². The number of carbonyl (C=O) groups excluding carboxylic acids is 1. The maximum atomic E-state index is 13.1. The van der Waals surface area contributed by atoms with E-state index in [-0.39, 0.29) is 30.1 Å². The summed E-state index contributed by atoms with van der Waals surface area (Å²) in [6.45, 7) is 3.76. The van der Waals surface area contributed by atoms with E-state index in [1.165, 1.54) is 53.3 Å². The second-order valence-electron chi connectivity index (χ2n) is 9.31. The van der Waals surface area contributed by atoms with Crippen LogP contribution in [0, 0.1) is 6.92 Å². The predicted molar refractivity (Wildman–Crippen MR) is 139 cm³/mol. The number of ether oxygens (including phenoxy) is 1. The Hall–Kier alpha value is -4.12. The summed E-state index contributed by atoms with van der Waals surface area (Å²) in [5.41, 5.74) is 0.302. The highest BCUT2D eigenvalue weighted by Gasteiger charge is 2.37. The molecule has 212 valence electrons. The SMILES string of the molecule is Cc1sc(NC(=O)C(C)n2cnc3c2c(=O)n(C)c(=O)n3C)nc1-c1cnc(N2CCC(OC(F)(F)F)C2)nc1. The molecule has 1 saturated heterocycles. The number of alkyl halides is 3. The van der Waals surface area contributed by atoms with Gasteiger partial charge in [0, 0.05) is 50.0 Å². The molecule has 1 N–H and O–H groups in total. The zero-order valence-electron chi connectivity index (χ0n) is 21.8. The highest BCUT2D eigenvalue weighted by atomic mass is 32.1. The number of fused-ring (bicyclic) bond motifs is 1. The standard InChI is InChI=1S/C23H24F3N9O4S/c1-11(35-10-29-17-16(35)19(37)33(4)22(38)32(17)3)18(36)31-21-30-15(12(2)40-21)13-7-27-20(28-8-13)34-6-5-14(9-34)39-23(24,25)26/h7-8,10-11,14H,5-6,9H2,1-4H3,(H,30,31,36). The summed E-state index contributed by atoms with van der Waals surface area (Å²) < 4.78 is 45.2. The van der Waals surface area contributed by atoms with Gasteiger partial charge in [-0.1, -0.05) is 0 Å². The average Bonchev–Trinajstić information content (AvgIpc) is 3.63. The first-order valence-corrected chi connectivity index (χ1v) is 12.9. The van der Waals surface area contributed by atoms with Crippen molar-refractivity contribution in [3.8, 4) is 11.3 Å². The Morgan fingerprint density at radius 3 is 2.55 bits per heavy atom. The van der Waals surface area contributed by atoms with Crippen LogP contribution in [-0.2, 0) is 23.6 Å². The van der Waals surface area contributed by atoms with Gasteiger partial charge in [-0.25, -0.2) is 24.7 Å². The first-order valence-electron chi connectivity index (χ1n) is 12.1. The molecular formula is C23H24F3N9O4S. The average molecular weight is 580 g/mol. The van der Waals surface area contributed by atoms with Crippen molar-refractivity contribution in [1.29, 1.82) is 0 Å². The fourth-order valence-electron chi connectivity index (χ4n) is 4.51. The maximum Gasteiger partial charge on any atom is 0.522 e. The third kappa shape index (κ3) is 5.08. The summed E-state index contributed by atoms with van der Waals surface area (Å²) in [6.07, 6.45) is -1.08. The molecule has 2 unspecified atom stereocenters. The van der Waals surface area contributed by atoms with Gasteiger partial charge in [-0.2, -0.15) is 0 Å². The summed E-state index contributed by atoms with van der Waals surface area (Å²) in [6, 6.07) is -0.851. The van der Waals surface area contributed by atoms with E-state index in [1.54, 1.807) is 11.8 Å². The number of aryl methyl sites for hydroxylation is 2. The Labute approximate surface area is 227 Å². The Kier molecular flexibility index (Phi) is 6.95. The van der Waals surface area contributed by atoms with Crippen LogP contribution in [0.15, 0.2) is 28.3 Å². The van der Waals surface area contributed by atoms with Crippen LogP contribution < -0.4 is 21.5 Å². The minimum atomic E-state index is -4.69. The smallest absolute Gasteiger partial charge is 0.338 e. The van der Waals surface area contributed by atoms with E-state index in [2.05, 4.69) is 30.0 Å². The second-order valence-corrected chi connectivity index (χ2v) is 10.5. The number of aromatic nitrogens is 7. The molecule has 1 fully saturated rings. The number of thiazole rings is 1. The first kappa shape index (κ1) is 27.4. The quantitative estimate of drug-likeness (QED) is 0.363. The minimum Gasteiger partial charge on any atom is -0.338 e. The van der Waals surface area contributed by atoms with Crippen LogP contribution in [0.25, 0.3) is 22.4 Å². The van der Waals surface area contributed by atoms with Crippen LogP contribution in [0.1, 0.15) is 24.3 Å². The number of nitrogens with zero attached hydrogens (tertiary/aromatic N) is 8. The molecule has 1 amide bonds. The van der Waals surface area contributed by atoms with Crippen molar-refractivity contribution in [2.75, 3.05) is 23.3 Å². The molecule has 4 aromatic rings. The molecule has 13 nitrogen and oxygen atoms in total. The van der Waals surface area contributed by atoms with E-state index in [9.17, 15) is 27.6 Å². The van der Waals surface area contributed by atoms with Gasteiger partial charge < -0.3 is 14.8 Å². The monoisotopic (exact) mass is 579 g/mol. The van der Waals surface area contributed by atoms with E-state index in [4.69, 9.17) is 0 Å². The number of hydrogen-bond donors (Lipinski definition) is 1. The van der Waals surface area contributed by atoms with E-state index >= 15 is 0 Å². The molecule has 5 rings (SSSR count). The van der Waals surface area contributed by atoms with Crippen molar-refractivity contribution in [2.24, 2.45) is 14.1 Å². The van der Waals surface area contributed by atoms with Crippen LogP contribution in [0.3, 0.4) is 0 Å². The lowest BCUT2D eigenvalue weighted by Crippen LogP contribution is -2.38. The molecule has 5 heterocycles.